The van der Waals surface area contributed by atoms with Crippen LogP contribution in [0.2, 0.25) is 5.02 Å². The summed E-state index contributed by atoms with van der Waals surface area (Å²) in [5, 5.41) is 12.6. The van der Waals surface area contributed by atoms with Crippen LogP contribution < -0.4 is 10.1 Å². The Balaban J connectivity index is 1.82. The van der Waals surface area contributed by atoms with E-state index in [4.69, 9.17) is 16.3 Å². The third-order valence-electron chi connectivity index (χ3n) is 4.24. The maximum absolute atomic E-state index is 6.02. The molecule has 2 aromatic rings. The number of likely N-dealkylation sites (N-methyl/N-ethyl adjacent to an activating group) is 1. The van der Waals surface area contributed by atoms with Crippen molar-refractivity contribution in [2.45, 2.75) is 25.8 Å². The van der Waals surface area contributed by atoms with E-state index >= 15 is 0 Å². The standard InChI is InChI=1S/C17H22ClN5O/c1-11-16(14-7-6-12(18)9-15(14)24-3)21-22-17(19-11)20-13-5-4-8-23(2)10-13/h6-7,9,13H,4-5,8,10H2,1-3H3,(H,19,20,22)/t13-/m1/s1. The first kappa shape index (κ1) is 16.9. The Morgan fingerprint density at radius 1 is 1.33 bits per heavy atom. The number of rotatable bonds is 4. The van der Waals surface area contributed by atoms with Crippen molar-refractivity contribution >= 4 is 17.5 Å². The van der Waals surface area contributed by atoms with Crippen LogP contribution in [0.3, 0.4) is 0 Å². The largest absolute Gasteiger partial charge is 0.496 e. The number of nitrogens with zero attached hydrogens (tertiary/aromatic N) is 4. The van der Waals surface area contributed by atoms with Gasteiger partial charge in [0.15, 0.2) is 0 Å². The number of aryl methyl sites for hydroxylation is 1. The smallest absolute Gasteiger partial charge is 0.243 e. The lowest BCUT2D eigenvalue weighted by molar-refractivity contribution is 0.260. The molecule has 1 atom stereocenters. The van der Waals surface area contributed by atoms with E-state index in [1.807, 2.05) is 19.1 Å². The number of likely N-dealkylation sites (tertiary alicyclic amines) is 1. The van der Waals surface area contributed by atoms with Gasteiger partial charge in [0.25, 0.3) is 0 Å². The summed E-state index contributed by atoms with van der Waals surface area (Å²) < 4.78 is 5.40. The van der Waals surface area contributed by atoms with Crippen molar-refractivity contribution in [1.29, 1.82) is 0 Å². The minimum absolute atomic E-state index is 0.362. The quantitative estimate of drug-likeness (QED) is 0.917. The number of methoxy groups -OCH3 is 1. The summed E-state index contributed by atoms with van der Waals surface area (Å²) in [5.41, 5.74) is 2.34. The zero-order chi connectivity index (χ0) is 17.1. The van der Waals surface area contributed by atoms with Crippen LogP contribution in [-0.2, 0) is 0 Å². The normalized spacial score (nSPS) is 18.4. The average Bonchev–Trinajstić information content (AvgIpc) is 2.55. The molecule has 1 aliphatic rings. The molecule has 1 aromatic carbocycles. The molecule has 0 bridgehead atoms. The fourth-order valence-electron chi connectivity index (χ4n) is 3.04. The lowest BCUT2D eigenvalue weighted by Crippen LogP contribution is -2.40. The van der Waals surface area contributed by atoms with Crippen LogP contribution in [0, 0.1) is 6.92 Å². The first-order valence-electron chi connectivity index (χ1n) is 8.07. The van der Waals surface area contributed by atoms with E-state index in [2.05, 4.69) is 32.4 Å². The van der Waals surface area contributed by atoms with Gasteiger partial charge in [-0.2, -0.15) is 0 Å². The minimum atomic E-state index is 0.362. The third kappa shape index (κ3) is 3.76. The maximum Gasteiger partial charge on any atom is 0.243 e. The summed E-state index contributed by atoms with van der Waals surface area (Å²) in [5.74, 6) is 1.24. The van der Waals surface area contributed by atoms with E-state index in [1.165, 1.54) is 6.42 Å². The van der Waals surface area contributed by atoms with Crippen LogP contribution in [0.5, 0.6) is 5.75 Å². The summed E-state index contributed by atoms with van der Waals surface area (Å²) in [7, 11) is 3.74. The number of nitrogens with one attached hydrogen (secondary N) is 1. The number of halogens is 1. The Hall–Kier alpha value is -1.92. The number of hydrogen-bond donors (Lipinski definition) is 1. The molecule has 1 aliphatic heterocycles. The fourth-order valence-corrected chi connectivity index (χ4v) is 3.20. The van der Waals surface area contributed by atoms with Gasteiger partial charge in [0, 0.05) is 23.2 Å². The van der Waals surface area contributed by atoms with Crippen LogP contribution in [0.15, 0.2) is 18.2 Å². The number of aromatic nitrogens is 3. The van der Waals surface area contributed by atoms with Crippen LogP contribution in [0.4, 0.5) is 5.95 Å². The lowest BCUT2D eigenvalue weighted by Gasteiger charge is -2.30. The van der Waals surface area contributed by atoms with Crippen molar-refractivity contribution in [1.82, 2.24) is 20.1 Å². The van der Waals surface area contributed by atoms with Crippen LogP contribution in [-0.4, -0.2) is 53.4 Å². The summed E-state index contributed by atoms with van der Waals surface area (Å²) in [4.78, 5) is 6.89. The molecule has 0 amide bonds. The number of piperidine rings is 1. The highest BCUT2D eigenvalue weighted by Crippen LogP contribution is 2.32. The van der Waals surface area contributed by atoms with Crippen molar-refractivity contribution in [3.8, 4) is 17.0 Å². The SMILES string of the molecule is COc1cc(Cl)ccc1-c1nnc(N[C@@H]2CCCN(C)C2)nc1C. The number of anilines is 1. The van der Waals surface area contributed by atoms with E-state index in [1.54, 1.807) is 13.2 Å². The Morgan fingerprint density at radius 3 is 2.88 bits per heavy atom. The molecular weight excluding hydrogens is 326 g/mol. The first-order valence-corrected chi connectivity index (χ1v) is 8.45. The van der Waals surface area contributed by atoms with Gasteiger partial charge in [0.2, 0.25) is 5.95 Å². The lowest BCUT2D eigenvalue weighted by atomic mass is 10.1. The van der Waals surface area contributed by atoms with Crippen molar-refractivity contribution in [3.05, 3.63) is 28.9 Å². The summed E-state index contributed by atoms with van der Waals surface area (Å²) in [6, 6.07) is 5.82. The molecule has 1 N–H and O–H groups in total. The molecule has 3 rings (SSSR count). The van der Waals surface area contributed by atoms with Gasteiger partial charge in [0.05, 0.1) is 12.8 Å². The third-order valence-corrected chi connectivity index (χ3v) is 4.47. The van der Waals surface area contributed by atoms with Gasteiger partial charge in [-0.1, -0.05) is 11.6 Å². The maximum atomic E-state index is 6.02. The van der Waals surface area contributed by atoms with E-state index in [-0.39, 0.29) is 0 Å². The highest BCUT2D eigenvalue weighted by atomic mass is 35.5. The topological polar surface area (TPSA) is 63.2 Å². The highest BCUT2D eigenvalue weighted by molar-refractivity contribution is 6.30. The van der Waals surface area contributed by atoms with Crippen LogP contribution in [0.25, 0.3) is 11.3 Å². The number of hydrogen-bond acceptors (Lipinski definition) is 6. The molecule has 6 nitrogen and oxygen atoms in total. The van der Waals surface area contributed by atoms with Gasteiger partial charge in [-0.3, -0.25) is 0 Å². The molecule has 0 unspecified atom stereocenters. The second-order valence-corrected chi connectivity index (χ2v) is 6.60. The van der Waals surface area contributed by atoms with Gasteiger partial charge in [-0.25, -0.2) is 4.98 Å². The van der Waals surface area contributed by atoms with Crippen molar-refractivity contribution in [2.75, 3.05) is 32.6 Å². The molecule has 7 heteroatoms. The second kappa shape index (κ2) is 7.32. The van der Waals surface area contributed by atoms with E-state index in [0.717, 1.165) is 30.8 Å². The molecule has 0 spiro atoms. The fraction of sp³-hybridized carbons (Fsp3) is 0.471. The van der Waals surface area contributed by atoms with Gasteiger partial charge in [-0.05, 0) is 51.6 Å². The molecule has 1 aromatic heterocycles. The summed E-state index contributed by atoms with van der Waals surface area (Å²) >= 11 is 6.02. The molecule has 24 heavy (non-hydrogen) atoms. The average molecular weight is 348 g/mol. The van der Waals surface area contributed by atoms with Crippen LogP contribution in [0.1, 0.15) is 18.5 Å². The van der Waals surface area contributed by atoms with Gasteiger partial charge in [0.1, 0.15) is 11.4 Å². The Bertz CT molecular complexity index is 724. The molecular formula is C17H22ClN5O. The molecule has 0 radical (unpaired) electrons. The molecule has 1 fully saturated rings. The molecule has 128 valence electrons. The number of benzene rings is 1. The summed E-state index contributed by atoms with van der Waals surface area (Å²) in [6.07, 6.45) is 2.31. The van der Waals surface area contributed by atoms with Crippen molar-refractivity contribution in [3.63, 3.8) is 0 Å². The predicted molar refractivity (Wildman–Crippen MR) is 95.7 cm³/mol. The molecule has 2 heterocycles. The van der Waals surface area contributed by atoms with Crippen molar-refractivity contribution in [2.24, 2.45) is 0 Å². The van der Waals surface area contributed by atoms with Crippen molar-refractivity contribution < 1.29 is 4.74 Å². The van der Waals surface area contributed by atoms with E-state index in [0.29, 0.717) is 28.5 Å². The minimum Gasteiger partial charge on any atom is -0.496 e. The van der Waals surface area contributed by atoms with Gasteiger partial charge < -0.3 is 15.0 Å². The Labute approximate surface area is 147 Å². The summed E-state index contributed by atoms with van der Waals surface area (Å²) in [6.45, 7) is 4.07. The van der Waals surface area contributed by atoms with Gasteiger partial charge in [-0.15, -0.1) is 10.2 Å². The van der Waals surface area contributed by atoms with E-state index in [9.17, 15) is 0 Å². The molecule has 0 aliphatic carbocycles. The monoisotopic (exact) mass is 347 g/mol. The molecule has 1 saturated heterocycles. The zero-order valence-corrected chi connectivity index (χ0v) is 15.0. The second-order valence-electron chi connectivity index (χ2n) is 6.16. The van der Waals surface area contributed by atoms with E-state index < -0.39 is 0 Å². The first-order chi connectivity index (χ1) is 11.6. The highest BCUT2D eigenvalue weighted by Gasteiger charge is 2.19. The molecule has 0 saturated carbocycles. The van der Waals surface area contributed by atoms with Gasteiger partial charge >= 0.3 is 0 Å². The Morgan fingerprint density at radius 2 is 2.17 bits per heavy atom. The van der Waals surface area contributed by atoms with Crippen LogP contribution >= 0.6 is 11.6 Å². The number of ether oxygens (including phenoxy) is 1. The predicted octanol–water partition coefficient (Wildman–Crippen LogP) is 3.02. The Kier molecular flexibility index (Phi) is 5.16. The zero-order valence-electron chi connectivity index (χ0n) is 14.2.